The van der Waals surface area contributed by atoms with Gasteiger partial charge in [0.05, 0.1) is 5.01 Å². The van der Waals surface area contributed by atoms with Crippen LogP contribution in [0, 0.1) is 4.77 Å². The van der Waals surface area contributed by atoms with E-state index in [1.54, 1.807) is 22.1 Å². The highest BCUT2D eigenvalue weighted by Gasteiger charge is 2.05. The lowest BCUT2D eigenvalue weighted by atomic mass is 10.4. The molecule has 0 spiro atoms. The molecule has 2 N–H and O–H groups in total. The minimum atomic E-state index is -0.106. The third-order valence-corrected chi connectivity index (χ3v) is 3.16. The van der Waals surface area contributed by atoms with E-state index in [2.05, 4.69) is 15.2 Å². The number of nitrogens with zero attached hydrogens (tertiary/aromatic N) is 3. The normalized spacial score (nSPS) is 10.7. The summed E-state index contributed by atoms with van der Waals surface area (Å²) in [5.74, 6) is 0.566. The Labute approximate surface area is 95.4 Å². The van der Waals surface area contributed by atoms with Crippen LogP contribution in [0.4, 0.5) is 0 Å². The molecule has 0 aliphatic carbocycles. The van der Waals surface area contributed by atoms with Crippen molar-refractivity contribution in [3.63, 3.8) is 0 Å². The van der Waals surface area contributed by atoms with Crippen molar-refractivity contribution in [2.45, 2.75) is 19.6 Å². The predicted molar refractivity (Wildman–Crippen MR) is 59.2 cm³/mol. The van der Waals surface area contributed by atoms with Crippen molar-refractivity contribution in [1.29, 1.82) is 0 Å². The molecule has 0 fully saturated rings. The zero-order chi connectivity index (χ0) is 10.7. The van der Waals surface area contributed by atoms with E-state index in [-0.39, 0.29) is 6.61 Å². The first-order valence-corrected chi connectivity index (χ1v) is 5.73. The Morgan fingerprint density at radius 3 is 3.13 bits per heavy atom. The number of hydrogen-bond donors (Lipinski definition) is 2. The number of aromatic nitrogens is 4. The van der Waals surface area contributed by atoms with Gasteiger partial charge in [-0.1, -0.05) is 0 Å². The Bertz CT molecular complexity index is 473. The van der Waals surface area contributed by atoms with Crippen molar-refractivity contribution in [3.05, 3.63) is 27.2 Å². The first-order valence-electron chi connectivity index (χ1n) is 4.44. The van der Waals surface area contributed by atoms with Crippen LogP contribution < -0.4 is 0 Å². The largest absolute Gasteiger partial charge is 0.388 e. The molecule has 15 heavy (non-hydrogen) atoms. The highest BCUT2D eigenvalue weighted by molar-refractivity contribution is 7.71. The van der Waals surface area contributed by atoms with Crippen LogP contribution in [0.2, 0.25) is 0 Å². The maximum atomic E-state index is 9.03. The molecule has 0 saturated heterocycles. The lowest BCUT2D eigenvalue weighted by Gasteiger charge is -2.02. The minimum absolute atomic E-state index is 0.106. The van der Waals surface area contributed by atoms with Crippen molar-refractivity contribution < 1.29 is 5.11 Å². The summed E-state index contributed by atoms with van der Waals surface area (Å²) < 4.78 is 2.33. The quantitative estimate of drug-likeness (QED) is 0.789. The summed E-state index contributed by atoms with van der Waals surface area (Å²) in [6.45, 7) is 0.587. The summed E-state index contributed by atoms with van der Waals surface area (Å²) in [6.07, 6.45) is 2.58. The average molecular weight is 242 g/mol. The molecular formula is C8H10N4OS2. The summed E-state index contributed by atoms with van der Waals surface area (Å²) in [7, 11) is 0. The summed E-state index contributed by atoms with van der Waals surface area (Å²) in [5, 5.41) is 18.6. The number of rotatable bonds is 4. The maximum Gasteiger partial charge on any atom is 0.195 e. The van der Waals surface area contributed by atoms with E-state index >= 15 is 0 Å². The maximum absolute atomic E-state index is 9.03. The molecule has 0 atom stereocenters. The van der Waals surface area contributed by atoms with Crippen molar-refractivity contribution in [2.75, 3.05) is 0 Å². The fourth-order valence-electron chi connectivity index (χ4n) is 1.29. The second-order valence-corrected chi connectivity index (χ2v) is 4.30. The van der Waals surface area contributed by atoms with Gasteiger partial charge in [-0.15, -0.1) is 11.3 Å². The van der Waals surface area contributed by atoms with Crippen LogP contribution in [0.25, 0.3) is 0 Å². The number of aliphatic hydroxyl groups is 1. The van der Waals surface area contributed by atoms with Crippen molar-refractivity contribution in [1.82, 2.24) is 19.7 Å². The molecule has 0 saturated carbocycles. The van der Waals surface area contributed by atoms with E-state index in [9.17, 15) is 0 Å². The van der Waals surface area contributed by atoms with Crippen LogP contribution in [0.3, 0.4) is 0 Å². The Morgan fingerprint density at radius 2 is 2.47 bits per heavy atom. The molecule has 0 radical (unpaired) electrons. The van der Waals surface area contributed by atoms with E-state index in [1.165, 1.54) is 0 Å². The molecule has 0 unspecified atom stereocenters. The Balaban J connectivity index is 2.10. The third-order valence-electron chi connectivity index (χ3n) is 2.01. The number of hydrogen-bond acceptors (Lipinski definition) is 5. The van der Waals surface area contributed by atoms with Gasteiger partial charge in [0.2, 0.25) is 0 Å². The SMILES string of the molecule is OCc1n[nH]c(=S)n1CCc1nccs1. The Hall–Kier alpha value is -1.05. The summed E-state index contributed by atoms with van der Waals surface area (Å²) in [6, 6.07) is 0. The fraction of sp³-hybridized carbons (Fsp3) is 0.375. The molecule has 0 aromatic carbocycles. The molecule has 2 rings (SSSR count). The van der Waals surface area contributed by atoms with Crippen LogP contribution in [0.15, 0.2) is 11.6 Å². The predicted octanol–water partition coefficient (Wildman–Crippen LogP) is 1.13. The zero-order valence-electron chi connectivity index (χ0n) is 7.88. The first-order chi connectivity index (χ1) is 7.31. The van der Waals surface area contributed by atoms with Gasteiger partial charge in [-0.25, -0.2) is 4.98 Å². The second kappa shape index (κ2) is 4.65. The van der Waals surface area contributed by atoms with Crippen molar-refractivity contribution >= 4 is 23.6 Å². The highest BCUT2D eigenvalue weighted by Crippen LogP contribution is 2.07. The van der Waals surface area contributed by atoms with Gasteiger partial charge in [0.15, 0.2) is 10.6 Å². The lowest BCUT2D eigenvalue weighted by Crippen LogP contribution is -2.06. The van der Waals surface area contributed by atoms with E-state index in [4.69, 9.17) is 17.3 Å². The van der Waals surface area contributed by atoms with Crippen molar-refractivity contribution in [3.8, 4) is 0 Å². The van der Waals surface area contributed by atoms with Crippen LogP contribution in [0.1, 0.15) is 10.8 Å². The zero-order valence-corrected chi connectivity index (χ0v) is 9.51. The van der Waals surface area contributed by atoms with E-state index in [0.29, 0.717) is 17.1 Å². The van der Waals surface area contributed by atoms with Gasteiger partial charge in [-0.3, -0.25) is 5.10 Å². The number of aliphatic hydroxyl groups excluding tert-OH is 1. The second-order valence-electron chi connectivity index (χ2n) is 2.93. The smallest absolute Gasteiger partial charge is 0.195 e. The topological polar surface area (TPSA) is 66.7 Å². The number of thiazole rings is 1. The van der Waals surface area contributed by atoms with Crippen molar-refractivity contribution in [2.24, 2.45) is 0 Å². The van der Waals surface area contributed by atoms with Gasteiger partial charge in [0.25, 0.3) is 0 Å². The molecule has 2 aromatic rings. The molecule has 0 bridgehead atoms. The monoisotopic (exact) mass is 242 g/mol. The molecule has 80 valence electrons. The van der Waals surface area contributed by atoms with Crippen LogP contribution in [-0.4, -0.2) is 24.9 Å². The molecule has 5 nitrogen and oxygen atoms in total. The fourth-order valence-corrected chi connectivity index (χ4v) is 2.14. The number of aryl methyl sites for hydroxylation is 1. The standard InChI is InChI=1S/C8H10N4OS2/c13-5-6-10-11-8(14)12(6)3-1-7-9-2-4-15-7/h2,4,13H,1,3,5H2,(H,11,14). The summed E-state index contributed by atoms with van der Waals surface area (Å²) in [4.78, 5) is 4.18. The highest BCUT2D eigenvalue weighted by atomic mass is 32.1. The van der Waals surface area contributed by atoms with Gasteiger partial charge in [0, 0.05) is 24.5 Å². The van der Waals surface area contributed by atoms with Crippen LogP contribution in [-0.2, 0) is 19.6 Å². The summed E-state index contributed by atoms with van der Waals surface area (Å²) >= 11 is 6.66. The number of aromatic amines is 1. The van der Waals surface area contributed by atoms with Gasteiger partial charge >= 0.3 is 0 Å². The Kier molecular flexibility index (Phi) is 3.24. The van der Waals surface area contributed by atoms with Crippen LogP contribution in [0.5, 0.6) is 0 Å². The van der Waals surface area contributed by atoms with E-state index in [1.807, 2.05) is 5.38 Å². The van der Waals surface area contributed by atoms with E-state index < -0.39 is 0 Å². The average Bonchev–Trinajstić information content (AvgIpc) is 2.84. The molecule has 2 heterocycles. The molecular weight excluding hydrogens is 232 g/mol. The molecule has 0 aliphatic rings. The van der Waals surface area contributed by atoms with E-state index in [0.717, 1.165) is 11.4 Å². The number of H-pyrrole nitrogens is 1. The molecule has 0 aliphatic heterocycles. The summed E-state index contributed by atoms with van der Waals surface area (Å²) in [5.41, 5.74) is 0. The molecule has 7 heteroatoms. The van der Waals surface area contributed by atoms with Gasteiger partial charge in [0.1, 0.15) is 6.61 Å². The third kappa shape index (κ3) is 2.31. The van der Waals surface area contributed by atoms with Gasteiger partial charge in [-0.2, -0.15) is 5.10 Å². The molecule has 0 amide bonds. The lowest BCUT2D eigenvalue weighted by molar-refractivity contribution is 0.264. The van der Waals surface area contributed by atoms with Gasteiger partial charge < -0.3 is 9.67 Å². The minimum Gasteiger partial charge on any atom is -0.388 e. The Morgan fingerprint density at radius 1 is 1.60 bits per heavy atom. The van der Waals surface area contributed by atoms with Gasteiger partial charge in [-0.05, 0) is 12.2 Å². The molecule has 2 aromatic heterocycles. The van der Waals surface area contributed by atoms with Crippen LogP contribution >= 0.6 is 23.6 Å². The number of nitrogens with one attached hydrogen (secondary N) is 1. The first kappa shape index (κ1) is 10.5.